The molecule has 1 amide bonds. The molecule has 7 heteroatoms. The molecule has 4 atom stereocenters. The van der Waals surface area contributed by atoms with Crippen LogP contribution in [0.2, 0.25) is 0 Å². The molecule has 3 rings (SSSR count). The lowest BCUT2D eigenvalue weighted by molar-refractivity contribution is -0.127. The summed E-state index contributed by atoms with van der Waals surface area (Å²) in [5.41, 5.74) is 0. The SMILES string of the molecule is CSc1ccc(S(=O)(=O)C[C@H]2CC[C@H]3C[C@@H]3[C@H]2C(=O)NCC#N)cc1. The Bertz CT molecular complexity index is 784. The fourth-order valence-corrected chi connectivity index (χ4v) is 6.09. The van der Waals surface area contributed by atoms with E-state index in [0.717, 1.165) is 24.2 Å². The van der Waals surface area contributed by atoms with Crippen molar-refractivity contribution in [2.75, 3.05) is 18.6 Å². The summed E-state index contributed by atoms with van der Waals surface area (Å²) < 4.78 is 25.6. The molecule has 1 aromatic rings. The van der Waals surface area contributed by atoms with Gasteiger partial charge in [-0.05, 0) is 67.5 Å². The van der Waals surface area contributed by atoms with Crippen LogP contribution in [0.4, 0.5) is 0 Å². The van der Waals surface area contributed by atoms with Gasteiger partial charge in [0, 0.05) is 10.8 Å². The summed E-state index contributed by atoms with van der Waals surface area (Å²) in [6.07, 6.45) is 4.71. The maximum absolute atomic E-state index is 12.8. The van der Waals surface area contributed by atoms with E-state index in [9.17, 15) is 13.2 Å². The largest absolute Gasteiger partial charge is 0.343 e. The number of thioether (sulfide) groups is 1. The van der Waals surface area contributed by atoms with Crippen LogP contribution < -0.4 is 5.32 Å². The van der Waals surface area contributed by atoms with E-state index in [1.165, 1.54) is 0 Å². The Balaban J connectivity index is 1.76. The molecule has 25 heavy (non-hydrogen) atoms. The first-order valence-electron chi connectivity index (χ1n) is 8.47. The van der Waals surface area contributed by atoms with Gasteiger partial charge in [-0.25, -0.2) is 8.42 Å². The maximum Gasteiger partial charge on any atom is 0.224 e. The second-order valence-electron chi connectivity index (χ2n) is 6.86. The second-order valence-corrected chi connectivity index (χ2v) is 9.77. The van der Waals surface area contributed by atoms with Gasteiger partial charge < -0.3 is 5.32 Å². The average Bonchev–Trinajstić information content (AvgIpc) is 3.38. The highest BCUT2D eigenvalue weighted by molar-refractivity contribution is 7.98. The molecule has 1 N–H and O–H groups in total. The molecule has 5 nitrogen and oxygen atoms in total. The third-order valence-electron chi connectivity index (χ3n) is 5.35. The molecule has 2 fully saturated rings. The fraction of sp³-hybridized carbons (Fsp3) is 0.556. The molecule has 0 bridgehead atoms. The van der Waals surface area contributed by atoms with Crippen molar-refractivity contribution in [1.82, 2.24) is 5.32 Å². The predicted molar refractivity (Wildman–Crippen MR) is 96.7 cm³/mol. The molecule has 0 unspecified atom stereocenters. The van der Waals surface area contributed by atoms with E-state index in [1.54, 1.807) is 23.9 Å². The number of carbonyl (C=O) groups excluding carboxylic acids is 1. The highest BCUT2D eigenvalue weighted by atomic mass is 32.2. The van der Waals surface area contributed by atoms with Gasteiger partial charge >= 0.3 is 0 Å². The van der Waals surface area contributed by atoms with Crippen LogP contribution in [0, 0.1) is 35.0 Å². The van der Waals surface area contributed by atoms with E-state index in [0.29, 0.717) is 10.8 Å². The monoisotopic (exact) mass is 378 g/mol. The minimum atomic E-state index is -3.43. The van der Waals surface area contributed by atoms with Crippen LogP contribution >= 0.6 is 11.8 Å². The predicted octanol–water partition coefficient (Wildman–Crippen LogP) is 2.48. The number of nitriles is 1. The van der Waals surface area contributed by atoms with E-state index >= 15 is 0 Å². The number of fused-ring (bicyclic) bond motifs is 1. The molecule has 2 aliphatic rings. The highest BCUT2D eigenvalue weighted by Crippen LogP contribution is 2.55. The van der Waals surface area contributed by atoms with E-state index < -0.39 is 9.84 Å². The molecular formula is C18H22N2O3S2. The lowest BCUT2D eigenvalue weighted by Gasteiger charge is -2.30. The first-order chi connectivity index (χ1) is 12.0. The lowest BCUT2D eigenvalue weighted by Crippen LogP contribution is -2.41. The maximum atomic E-state index is 12.8. The van der Waals surface area contributed by atoms with Gasteiger partial charge in [-0.2, -0.15) is 5.26 Å². The number of hydrogen-bond donors (Lipinski definition) is 1. The zero-order chi connectivity index (χ0) is 18.0. The van der Waals surface area contributed by atoms with Crippen molar-refractivity contribution in [3.63, 3.8) is 0 Å². The van der Waals surface area contributed by atoms with E-state index in [1.807, 2.05) is 24.5 Å². The molecule has 0 aliphatic heterocycles. The van der Waals surface area contributed by atoms with Crippen molar-refractivity contribution in [1.29, 1.82) is 5.26 Å². The molecule has 0 aromatic heterocycles. The molecule has 1 aromatic carbocycles. The van der Waals surface area contributed by atoms with Crippen molar-refractivity contribution < 1.29 is 13.2 Å². The molecule has 0 spiro atoms. The summed E-state index contributed by atoms with van der Waals surface area (Å²) in [4.78, 5) is 13.8. The Labute approximate surface area is 153 Å². The summed E-state index contributed by atoms with van der Waals surface area (Å²) in [6, 6.07) is 8.83. The van der Waals surface area contributed by atoms with Crippen LogP contribution in [-0.4, -0.2) is 32.9 Å². The number of carbonyl (C=O) groups is 1. The molecule has 2 aliphatic carbocycles. The van der Waals surface area contributed by atoms with Crippen molar-refractivity contribution in [3.05, 3.63) is 24.3 Å². The van der Waals surface area contributed by atoms with E-state index in [2.05, 4.69) is 5.32 Å². The number of amides is 1. The third-order valence-corrected chi connectivity index (χ3v) is 7.95. The Kier molecular flexibility index (Phi) is 5.40. The minimum Gasteiger partial charge on any atom is -0.343 e. The Morgan fingerprint density at radius 1 is 1.32 bits per heavy atom. The highest BCUT2D eigenvalue weighted by Gasteiger charge is 2.52. The van der Waals surface area contributed by atoms with Crippen molar-refractivity contribution in [3.8, 4) is 6.07 Å². The smallest absolute Gasteiger partial charge is 0.224 e. The molecule has 0 saturated heterocycles. The van der Waals surface area contributed by atoms with Crippen LogP contribution in [0.25, 0.3) is 0 Å². The molecule has 2 saturated carbocycles. The summed E-state index contributed by atoms with van der Waals surface area (Å²) in [7, 11) is -3.43. The average molecular weight is 379 g/mol. The van der Waals surface area contributed by atoms with E-state index in [4.69, 9.17) is 5.26 Å². The van der Waals surface area contributed by atoms with Crippen LogP contribution in [0.3, 0.4) is 0 Å². The summed E-state index contributed by atoms with van der Waals surface area (Å²) in [5, 5.41) is 11.3. The van der Waals surface area contributed by atoms with Crippen LogP contribution in [0.1, 0.15) is 19.3 Å². The summed E-state index contributed by atoms with van der Waals surface area (Å²) >= 11 is 1.57. The van der Waals surface area contributed by atoms with Gasteiger partial charge in [0.25, 0.3) is 0 Å². The topological polar surface area (TPSA) is 87.0 Å². The van der Waals surface area contributed by atoms with Crippen LogP contribution in [-0.2, 0) is 14.6 Å². The first-order valence-corrected chi connectivity index (χ1v) is 11.4. The number of rotatable bonds is 6. The second kappa shape index (κ2) is 7.38. The number of nitrogens with one attached hydrogen (secondary N) is 1. The normalized spacial score (nSPS) is 27.8. The zero-order valence-electron chi connectivity index (χ0n) is 14.1. The standard InChI is InChI=1S/C18H22N2O3S2/c1-24-14-4-6-15(7-5-14)25(22,23)11-13-3-2-12-10-16(12)17(13)18(21)20-9-8-19/h4-7,12-13,16-17H,2-3,9-11H2,1H3,(H,20,21)/t12-,13+,16-,17-/m0/s1. The summed E-state index contributed by atoms with van der Waals surface area (Å²) in [5.74, 6) is 0.218. The number of benzene rings is 1. The van der Waals surface area contributed by atoms with Gasteiger partial charge in [0.1, 0.15) is 6.54 Å². The molecular weight excluding hydrogens is 356 g/mol. The Morgan fingerprint density at radius 3 is 2.68 bits per heavy atom. The van der Waals surface area contributed by atoms with Crippen LogP contribution in [0.15, 0.2) is 34.1 Å². The Hall–Kier alpha value is -1.52. The van der Waals surface area contributed by atoms with Gasteiger partial charge in [0.05, 0.1) is 16.7 Å². The van der Waals surface area contributed by atoms with Gasteiger partial charge in [0.15, 0.2) is 9.84 Å². The van der Waals surface area contributed by atoms with Gasteiger partial charge in [-0.3, -0.25) is 4.79 Å². The van der Waals surface area contributed by atoms with Crippen molar-refractivity contribution >= 4 is 27.5 Å². The molecule has 0 heterocycles. The molecule has 134 valence electrons. The van der Waals surface area contributed by atoms with Gasteiger partial charge in [-0.1, -0.05) is 0 Å². The molecule has 0 radical (unpaired) electrons. The third kappa shape index (κ3) is 4.01. The summed E-state index contributed by atoms with van der Waals surface area (Å²) in [6.45, 7) is -0.0255. The number of sulfone groups is 1. The quantitative estimate of drug-likeness (QED) is 0.607. The number of nitrogens with zero attached hydrogens (tertiary/aromatic N) is 1. The van der Waals surface area contributed by atoms with Crippen molar-refractivity contribution in [2.45, 2.75) is 29.1 Å². The fourth-order valence-electron chi connectivity index (χ4n) is 4.00. The first kappa shape index (κ1) is 18.3. The number of hydrogen-bond acceptors (Lipinski definition) is 5. The lowest BCUT2D eigenvalue weighted by atomic mass is 9.79. The Morgan fingerprint density at radius 2 is 2.04 bits per heavy atom. The van der Waals surface area contributed by atoms with Crippen molar-refractivity contribution in [2.24, 2.45) is 23.7 Å². The minimum absolute atomic E-state index is 0.000521. The van der Waals surface area contributed by atoms with Gasteiger partial charge in [0.2, 0.25) is 5.91 Å². The van der Waals surface area contributed by atoms with Crippen LogP contribution in [0.5, 0.6) is 0 Å². The zero-order valence-corrected chi connectivity index (χ0v) is 15.8. The van der Waals surface area contributed by atoms with E-state index in [-0.39, 0.29) is 36.0 Å². The van der Waals surface area contributed by atoms with Gasteiger partial charge in [-0.15, -0.1) is 11.8 Å².